The number of carbonyl (C=O) groups is 2. The maximum atomic E-state index is 13.1. The Labute approximate surface area is 186 Å². The minimum absolute atomic E-state index is 0.137. The van der Waals surface area contributed by atoms with Crippen molar-refractivity contribution < 1.29 is 9.59 Å². The maximum absolute atomic E-state index is 13.1. The van der Waals surface area contributed by atoms with Crippen LogP contribution >= 0.6 is 0 Å². The van der Waals surface area contributed by atoms with Gasteiger partial charge >= 0.3 is 0 Å². The van der Waals surface area contributed by atoms with Crippen LogP contribution in [0.3, 0.4) is 0 Å². The third-order valence-electron chi connectivity index (χ3n) is 6.06. The van der Waals surface area contributed by atoms with Crippen LogP contribution in [0.1, 0.15) is 12.1 Å². The zero-order chi connectivity index (χ0) is 22.2. The summed E-state index contributed by atoms with van der Waals surface area (Å²) in [6, 6.07) is 16.9. The molecule has 2 aromatic carbocycles. The number of amides is 2. The number of likely N-dealkylation sites (N-methyl/N-ethyl adjacent to an activating group) is 1. The predicted octanol–water partition coefficient (Wildman–Crippen LogP) is 0.900. The summed E-state index contributed by atoms with van der Waals surface area (Å²) >= 11 is 0. The average molecular weight is 428 g/mol. The van der Waals surface area contributed by atoms with Crippen LogP contribution in [-0.4, -0.2) is 40.7 Å². The van der Waals surface area contributed by atoms with Crippen molar-refractivity contribution in [1.29, 1.82) is 0 Å². The van der Waals surface area contributed by atoms with Gasteiger partial charge in [0.25, 0.3) is 5.91 Å². The molecule has 0 saturated carbocycles. The van der Waals surface area contributed by atoms with Gasteiger partial charge in [0.1, 0.15) is 17.9 Å². The number of hydrogen-bond donors (Lipinski definition) is 2. The van der Waals surface area contributed by atoms with Gasteiger partial charge in [-0.2, -0.15) is 5.10 Å². The standard InChI is InChI=1S/C25H25N5O2/c1-16-13-23-29(2)25(32)21(11-12-30(23)28-16)27-24(31)22-14-20-18(15-26-22)9-6-10-19(20)17-7-4-3-5-8-17/h3-10,13-15,21-22,26H,11-12H2,1-2H3,(H,27,31). The number of nitrogens with zero attached hydrogens (tertiary/aromatic N) is 3. The van der Waals surface area contributed by atoms with Crippen molar-refractivity contribution in [3.8, 4) is 11.1 Å². The molecule has 0 radical (unpaired) electrons. The average Bonchev–Trinajstić information content (AvgIpc) is 3.16. The molecular formula is C25H25N5O2. The first kappa shape index (κ1) is 20.1. The smallest absolute Gasteiger partial charge is 0.250 e. The normalized spacial score (nSPS) is 19.6. The molecule has 5 rings (SSSR count). The van der Waals surface area contributed by atoms with E-state index in [4.69, 9.17) is 0 Å². The molecule has 2 atom stereocenters. The van der Waals surface area contributed by atoms with Gasteiger partial charge in [-0.3, -0.25) is 14.5 Å². The van der Waals surface area contributed by atoms with E-state index in [-0.39, 0.29) is 11.8 Å². The molecular weight excluding hydrogens is 402 g/mol. The fourth-order valence-electron chi connectivity index (χ4n) is 4.39. The molecule has 162 valence electrons. The van der Waals surface area contributed by atoms with Gasteiger partial charge in [0.15, 0.2) is 0 Å². The molecule has 2 N–H and O–H groups in total. The van der Waals surface area contributed by atoms with Gasteiger partial charge in [0, 0.05) is 25.9 Å². The van der Waals surface area contributed by atoms with Gasteiger partial charge in [-0.1, -0.05) is 48.5 Å². The van der Waals surface area contributed by atoms with E-state index >= 15 is 0 Å². The van der Waals surface area contributed by atoms with E-state index in [9.17, 15) is 9.59 Å². The lowest BCUT2D eigenvalue weighted by Crippen LogP contribution is -2.53. The number of carbonyl (C=O) groups excluding carboxylic acids is 2. The number of fused-ring (bicyclic) bond motifs is 2. The molecule has 7 heteroatoms. The van der Waals surface area contributed by atoms with Crippen LogP contribution < -0.4 is 26.0 Å². The fourth-order valence-corrected chi connectivity index (χ4v) is 4.39. The Bertz CT molecular complexity index is 1310. The minimum Gasteiger partial charge on any atom is -0.376 e. The molecule has 1 aromatic heterocycles. The second-order valence-corrected chi connectivity index (χ2v) is 8.24. The fraction of sp³-hybridized carbons (Fsp3) is 0.240. The molecule has 0 bridgehead atoms. The summed E-state index contributed by atoms with van der Waals surface area (Å²) in [5, 5.41) is 12.6. The van der Waals surface area contributed by atoms with E-state index < -0.39 is 12.1 Å². The highest BCUT2D eigenvalue weighted by Crippen LogP contribution is 2.21. The van der Waals surface area contributed by atoms with E-state index in [1.807, 2.05) is 60.3 Å². The van der Waals surface area contributed by atoms with E-state index in [1.54, 1.807) is 11.9 Å². The lowest BCUT2D eigenvalue weighted by Gasteiger charge is -2.23. The molecule has 7 nitrogen and oxygen atoms in total. The first-order valence-electron chi connectivity index (χ1n) is 10.8. The molecule has 2 unspecified atom stereocenters. The Kier molecular flexibility index (Phi) is 5.01. The molecule has 0 fully saturated rings. The van der Waals surface area contributed by atoms with Crippen LogP contribution in [0.2, 0.25) is 0 Å². The van der Waals surface area contributed by atoms with Crippen LogP contribution in [0.15, 0.2) is 54.6 Å². The predicted molar refractivity (Wildman–Crippen MR) is 124 cm³/mol. The number of rotatable bonds is 3. The van der Waals surface area contributed by atoms with Gasteiger partial charge in [0.05, 0.1) is 5.69 Å². The first-order chi connectivity index (χ1) is 15.5. The summed E-state index contributed by atoms with van der Waals surface area (Å²) in [6.45, 7) is 2.47. The quantitative estimate of drug-likeness (QED) is 0.651. The highest BCUT2D eigenvalue weighted by atomic mass is 16.2. The van der Waals surface area contributed by atoms with Crippen LogP contribution in [0.5, 0.6) is 0 Å². The molecule has 32 heavy (non-hydrogen) atoms. The monoisotopic (exact) mass is 427 g/mol. The van der Waals surface area contributed by atoms with Crippen molar-refractivity contribution in [1.82, 2.24) is 20.4 Å². The van der Waals surface area contributed by atoms with Crippen molar-refractivity contribution >= 4 is 29.9 Å². The number of aryl methyl sites for hydroxylation is 2. The Balaban J connectivity index is 1.40. The van der Waals surface area contributed by atoms with Crippen LogP contribution in [0.4, 0.5) is 5.82 Å². The molecule has 2 aliphatic rings. The van der Waals surface area contributed by atoms with Crippen LogP contribution in [0, 0.1) is 6.92 Å². The summed E-state index contributed by atoms with van der Waals surface area (Å²) in [4.78, 5) is 27.7. The van der Waals surface area contributed by atoms with E-state index in [0.717, 1.165) is 33.1 Å². The van der Waals surface area contributed by atoms with Gasteiger partial charge in [-0.05, 0) is 41.0 Å². The van der Waals surface area contributed by atoms with Crippen molar-refractivity contribution in [3.05, 3.63) is 70.7 Å². The van der Waals surface area contributed by atoms with Gasteiger partial charge < -0.3 is 10.6 Å². The highest BCUT2D eigenvalue weighted by molar-refractivity contribution is 6.00. The number of nitrogens with one attached hydrogen (secondary N) is 2. The SMILES string of the molecule is Cc1cc2n(n1)CCC(NC(=O)C1C=c3c(-c4ccccc4)cccc3=CN1)C(=O)N2C. The lowest BCUT2D eigenvalue weighted by molar-refractivity contribution is -0.127. The molecule has 0 saturated heterocycles. The van der Waals surface area contributed by atoms with E-state index in [2.05, 4.69) is 33.9 Å². The Hall–Kier alpha value is -3.87. The highest BCUT2D eigenvalue weighted by Gasteiger charge is 2.31. The summed E-state index contributed by atoms with van der Waals surface area (Å²) in [7, 11) is 1.72. The largest absolute Gasteiger partial charge is 0.376 e. The summed E-state index contributed by atoms with van der Waals surface area (Å²) < 4.78 is 1.82. The van der Waals surface area contributed by atoms with E-state index in [0.29, 0.717) is 13.0 Å². The van der Waals surface area contributed by atoms with Crippen molar-refractivity contribution in [3.63, 3.8) is 0 Å². The van der Waals surface area contributed by atoms with Crippen molar-refractivity contribution in [2.24, 2.45) is 0 Å². The molecule has 2 amide bonds. The lowest BCUT2D eigenvalue weighted by atomic mass is 9.99. The van der Waals surface area contributed by atoms with Crippen molar-refractivity contribution in [2.45, 2.75) is 32.0 Å². The summed E-state index contributed by atoms with van der Waals surface area (Å²) in [5.41, 5.74) is 3.04. The third kappa shape index (κ3) is 3.56. The molecule has 2 aliphatic heterocycles. The number of anilines is 1. The Morgan fingerprint density at radius 3 is 2.78 bits per heavy atom. The minimum atomic E-state index is -0.601. The zero-order valence-corrected chi connectivity index (χ0v) is 18.1. The third-order valence-corrected chi connectivity index (χ3v) is 6.06. The molecule has 3 heterocycles. The van der Waals surface area contributed by atoms with Gasteiger partial charge in [-0.25, -0.2) is 4.68 Å². The second kappa shape index (κ2) is 8.00. The number of hydrogen-bond acceptors (Lipinski definition) is 4. The first-order valence-corrected chi connectivity index (χ1v) is 10.8. The van der Waals surface area contributed by atoms with Crippen LogP contribution in [0.25, 0.3) is 23.4 Å². The molecule has 3 aromatic rings. The maximum Gasteiger partial charge on any atom is 0.250 e. The van der Waals surface area contributed by atoms with Gasteiger partial charge in [0.2, 0.25) is 5.91 Å². The molecule has 0 spiro atoms. The van der Waals surface area contributed by atoms with Crippen LogP contribution in [-0.2, 0) is 16.1 Å². The van der Waals surface area contributed by atoms with Crippen molar-refractivity contribution in [2.75, 3.05) is 11.9 Å². The number of benzene rings is 2. The van der Waals surface area contributed by atoms with E-state index in [1.165, 1.54) is 0 Å². The van der Waals surface area contributed by atoms with Gasteiger partial charge in [-0.15, -0.1) is 0 Å². The Morgan fingerprint density at radius 1 is 1.16 bits per heavy atom. The molecule has 0 aliphatic carbocycles. The number of aromatic nitrogens is 2. The summed E-state index contributed by atoms with van der Waals surface area (Å²) in [6.07, 6.45) is 4.29. The summed E-state index contributed by atoms with van der Waals surface area (Å²) in [5.74, 6) is 0.390. The second-order valence-electron chi connectivity index (χ2n) is 8.24. The topological polar surface area (TPSA) is 79.3 Å². The Morgan fingerprint density at radius 2 is 1.97 bits per heavy atom. The zero-order valence-electron chi connectivity index (χ0n) is 18.1.